The molecule has 0 spiro atoms. The van der Waals surface area contributed by atoms with Gasteiger partial charge in [0.05, 0.1) is 44.8 Å². The van der Waals surface area contributed by atoms with Gasteiger partial charge in [0.1, 0.15) is 0 Å². The molecule has 0 amide bonds. The number of hydrogen-bond acceptors (Lipinski definition) is 7. The van der Waals surface area contributed by atoms with Crippen molar-refractivity contribution in [1.82, 2.24) is 0 Å². The van der Waals surface area contributed by atoms with Crippen LogP contribution in [0.2, 0.25) is 0 Å². The van der Waals surface area contributed by atoms with Crippen LogP contribution in [-0.4, -0.2) is 33.2 Å². The van der Waals surface area contributed by atoms with Crippen LogP contribution in [0.1, 0.15) is 49.8 Å². The number of benzene rings is 3. The van der Waals surface area contributed by atoms with Gasteiger partial charge < -0.3 is 29.6 Å². The normalized spacial score (nSPS) is 18.4. The van der Waals surface area contributed by atoms with Gasteiger partial charge in [-0.1, -0.05) is 30.3 Å². The zero-order chi connectivity index (χ0) is 26.6. The average Bonchev–Trinajstić information content (AvgIpc) is 3.10. The number of allylic oxidation sites excluding steroid dienone is 1. The van der Waals surface area contributed by atoms with E-state index in [4.69, 9.17) is 18.9 Å². The molecule has 0 aromatic heterocycles. The number of ether oxygens (including phenoxy) is 4. The number of rotatable bonds is 8. The van der Waals surface area contributed by atoms with Crippen LogP contribution in [0.4, 0.5) is 11.4 Å². The van der Waals surface area contributed by atoms with Gasteiger partial charge in [-0.2, -0.15) is 0 Å². The van der Waals surface area contributed by atoms with E-state index in [-0.39, 0.29) is 11.7 Å². The highest BCUT2D eigenvalue weighted by molar-refractivity contribution is 6.01. The minimum atomic E-state index is -0.402. The molecule has 2 atom stereocenters. The zero-order valence-electron chi connectivity index (χ0n) is 22.3. The van der Waals surface area contributed by atoms with E-state index in [1.807, 2.05) is 74.5 Å². The van der Waals surface area contributed by atoms with Crippen LogP contribution < -0.4 is 29.6 Å². The Bertz CT molecular complexity index is 1370. The first-order valence-corrected chi connectivity index (χ1v) is 13.1. The topological polar surface area (TPSA) is 78.1 Å². The number of hydrogen-bond donors (Lipinski definition) is 2. The fourth-order valence-corrected chi connectivity index (χ4v) is 5.39. The number of anilines is 2. The molecule has 0 saturated heterocycles. The van der Waals surface area contributed by atoms with Crippen LogP contribution in [-0.2, 0) is 4.79 Å². The highest BCUT2D eigenvalue weighted by Crippen LogP contribution is 2.48. The second kappa shape index (κ2) is 11.1. The third-order valence-corrected chi connectivity index (χ3v) is 7.10. The summed E-state index contributed by atoms with van der Waals surface area (Å²) in [7, 11) is 3.27. The minimum Gasteiger partial charge on any atom is -0.493 e. The van der Waals surface area contributed by atoms with Gasteiger partial charge in [0.15, 0.2) is 28.8 Å². The maximum absolute atomic E-state index is 14.0. The van der Waals surface area contributed by atoms with Gasteiger partial charge in [0, 0.05) is 23.3 Å². The first kappa shape index (κ1) is 25.5. The predicted octanol–water partition coefficient (Wildman–Crippen LogP) is 6.48. The van der Waals surface area contributed by atoms with Crippen molar-refractivity contribution in [3.63, 3.8) is 0 Å². The quantitative estimate of drug-likeness (QED) is 0.356. The van der Waals surface area contributed by atoms with Gasteiger partial charge in [-0.25, -0.2) is 0 Å². The molecule has 7 heteroatoms. The summed E-state index contributed by atoms with van der Waals surface area (Å²) in [6.07, 6.45) is 1.07. The summed E-state index contributed by atoms with van der Waals surface area (Å²) in [6, 6.07) is 19.4. The number of Topliss-reactive ketones (excluding diaryl/α,β-unsaturated/α-hetero) is 1. The van der Waals surface area contributed by atoms with Crippen LogP contribution in [0.5, 0.6) is 23.0 Å². The Kier molecular flexibility index (Phi) is 7.45. The van der Waals surface area contributed by atoms with Crippen molar-refractivity contribution in [1.29, 1.82) is 0 Å². The lowest BCUT2D eigenvalue weighted by molar-refractivity contribution is -0.116. The van der Waals surface area contributed by atoms with E-state index >= 15 is 0 Å². The van der Waals surface area contributed by atoms with Gasteiger partial charge in [-0.15, -0.1) is 0 Å². The van der Waals surface area contributed by atoms with Crippen molar-refractivity contribution in [2.75, 3.05) is 38.1 Å². The summed E-state index contributed by atoms with van der Waals surface area (Å²) in [5.74, 6) is 2.75. The number of methoxy groups -OCH3 is 2. The molecule has 0 radical (unpaired) electrons. The van der Waals surface area contributed by atoms with Crippen molar-refractivity contribution in [3.05, 3.63) is 83.1 Å². The summed E-state index contributed by atoms with van der Waals surface area (Å²) < 4.78 is 23.0. The molecule has 2 N–H and O–H groups in total. The molecule has 7 nitrogen and oxygen atoms in total. The molecular weight excluding hydrogens is 480 g/mol. The molecule has 1 aliphatic heterocycles. The third-order valence-electron chi connectivity index (χ3n) is 7.10. The van der Waals surface area contributed by atoms with E-state index in [1.54, 1.807) is 14.2 Å². The minimum absolute atomic E-state index is 0.000843. The number of carbonyl (C=O) groups is 1. The smallest absolute Gasteiger partial charge is 0.166 e. The van der Waals surface area contributed by atoms with E-state index in [0.717, 1.165) is 33.8 Å². The van der Waals surface area contributed by atoms with E-state index in [9.17, 15) is 4.79 Å². The fourth-order valence-electron chi connectivity index (χ4n) is 5.39. The molecule has 3 aromatic rings. The van der Waals surface area contributed by atoms with Gasteiger partial charge in [0.25, 0.3) is 0 Å². The molecule has 3 aromatic carbocycles. The van der Waals surface area contributed by atoms with Gasteiger partial charge >= 0.3 is 0 Å². The molecule has 5 rings (SSSR count). The van der Waals surface area contributed by atoms with Crippen LogP contribution in [0.25, 0.3) is 0 Å². The molecule has 0 bridgehead atoms. The van der Waals surface area contributed by atoms with Crippen molar-refractivity contribution < 1.29 is 23.7 Å². The summed E-state index contributed by atoms with van der Waals surface area (Å²) >= 11 is 0. The number of nitrogens with one attached hydrogen (secondary N) is 2. The summed E-state index contributed by atoms with van der Waals surface area (Å²) in [4.78, 5) is 14.0. The predicted molar refractivity (Wildman–Crippen MR) is 149 cm³/mol. The fraction of sp³-hybridized carbons (Fsp3) is 0.323. The van der Waals surface area contributed by atoms with Gasteiger partial charge in [0.2, 0.25) is 0 Å². The molecule has 38 heavy (non-hydrogen) atoms. The largest absolute Gasteiger partial charge is 0.493 e. The van der Waals surface area contributed by atoms with Crippen molar-refractivity contribution >= 4 is 17.2 Å². The van der Waals surface area contributed by atoms with Crippen molar-refractivity contribution in [2.45, 2.75) is 38.6 Å². The number of ketones is 1. The van der Waals surface area contributed by atoms with Crippen LogP contribution in [0.3, 0.4) is 0 Å². The average molecular weight is 515 g/mol. The molecular formula is C31H34N2O5. The summed E-state index contributed by atoms with van der Waals surface area (Å²) in [5.41, 5.74) is 5.40. The van der Waals surface area contributed by atoms with Gasteiger partial charge in [-0.05, 0) is 62.1 Å². The molecule has 1 aliphatic carbocycles. The van der Waals surface area contributed by atoms with Crippen LogP contribution in [0.15, 0.2) is 71.9 Å². The lowest BCUT2D eigenvalue weighted by Crippen LogP contribution is -2.27. The molecule has 2 aliphatic rings. The first-order chi connectivity index (χ1) is 18.6. The zero-order valence-corrected chi connectivity index (χ0v) is 22.3. The molecule has 2 unspecified atom stereocenters. The van der Waals surface area contributed by atoms with E-state index in [2.05, 4.69) is 10.6 Å². The molecule has 0 saturated carbocycles. The Morgan fingerprint density at radius 2 is 1.58 bits per heavy atom. The highest BCUT2D eigenvalue weighted by atomic mass is 16.5. The lowest BCUT2D eigenvalue weighted by atomic mass is 9.78. The van der Waals surface area contributed by atoms with E-state index < -0.39 is 6.04 Å². The van der Waals surface area contributed by atoms with E-state index in [0.29, 0.717) is 49.1 Å². The Morgan fingerprint density at radius 3 is 2.32 bits per heavy atom. The SMILES string of the molecule is CCOc1ccc(C2CC(=O)C3=C(C2)Nc2ccccc2NC3c2cccc(OC)c2OCC)cc1OC. The number of fused-ring (bicyclic) bond motifs is 1. The van der Waals surface area contributed by atoms with Crippen molar-refractivity contribution in [3.8, 4) is 23.0 Å². The van der Waals surface area contributed by atoms with Gasteiger partial charge in [-0.3, -0.25) is 4.79 Å². The third kappa shape index (κ3) is 4.76. The van der Waals surface area contributed by atoms with Crippen molar-refractivity contribution in [2.24, 2.45) is 0 Å². The number of para-hydroxylation sites is 3. The Morgan fingerprint density at radius 1 is 0.816 bits per heavy atom. The molecule has 198 valence electrons. The number of carbonyl (C=O) groups excluding carboxylic acids is 1. The van der Waals surface area contributed by atoms with Crippen LogP contribution in [0, 0.1) is 0 Å². The lowest BCUT2D eigenvalue weighted by Gasteiger charge is -2.31. The highest BCUT2D eigenvalue weighted by Gasteiger charge is 2.37. The summed E-state index contributed by atoms with van der Waals surface area (Å²) in [6.45, 7) is 4.93. The second-order valence-electron chi connectivity index (χ2n) is 9.32. The molecule has 0 fully saturated rings. The Hall–Kier alpha value is -4.13. The standard InChI is InChI=1S/C31H34N2O5/c1-5-37-26-15-14-19(18-28(26)36-4)20-16-24-29(25(34)17-20)30(33-23-12-8-7-11-22(23)32-24)21-10-9-13-27(35-3)31(21)38-6-2/h7-15,18,20,30,32-33H,5-6,16-17H2,1-4H3. The van der Waals surface area contributed by atoms with Crippen LogP contribution >= 0.6 is 0 Å². The Balaban J connectivity index is 1.60. The Labute approximate surface area is 223 Å². The summed E-state index contributed by atoms with van der Waals surface area (Å²) in [5, 5.41) is 7.24. The second-order valence-corrected chi connectivity index (χ2v) is 9.32. The first-order valence-electron chi connectivity index (χ1n) is 13.1. The maximum Gasteiger partial charge on any atom is 0.166 e. The maximum atomic E-state index is 14.0. The monoisotopic (exact) mass is 514 g/mol. The molecule has 1 heterocycles. The van der Waals surface area contributed by atoms with E-state index in [1.165, 1.54) is 0 Å².